The number of nitriles is 1. The molecule has 1 aromatic rings. The molecule has 23 heavy (non-hydrogen) atoms. The molecule has 5 nitrogen and oxygen atoms in total. The first-order valence-corrected chi connectivity index (χ1v) is 7.98. The molecule has 1 fully saturated rings. The van der Waals surface area contributed by atoms with Crippen LogP contribution in [0.5, 0.6) is 0 Å². The zero-order chi connectivity index (χ0) is 16.9. The Morgan fingerprint density at radius 3 is 2.61 bits per heavy atom. The lowest BCUT2D eigenvalue weighted by atomic mass is 9.86. The van der Waals surface area contributed by atoms with Crippen molar-refractivity contribution in [1.29, 1.82) is 5.26 Å². The Labute approximate surface area is 136 Å². The van der Waals surface area contributed by atoms with Gasteiger partial charge in [-0.05, 0) is 44.9 Å². The first-order valence-electron chi connectivity index (χ1n) is 7.98. The van der Waals surface area contributed by atoms with Gasteiger partial charge in [0, 0.05) is 17.8 Å². The van der Waals surface area contributed by atoms with E-state index >= 15 is 0 Å². The van der Waals surface area contributed by atoms with Crippen LogP contribution in [0.2, 0.25) is 0 Å². The van der Waals surface area contributed by atoms with Crippen molar-refractivity contribution in [2.24, 2.45) is 5.41 Å². The molecule has 0 heterocycles. The van der Waals surface area contributed by atoms with E-state index < -0.39 is 5.41 Å². The number of nitrogens with one attached hydrogen (secondary N) is 1. The maximum atomic E-state index is 12.3. The number of benzene rings is 1. The van der Waals surface area contributed by atoms with Gasteiger partial charge in [-0.3, -0.25) is 9.59 Å². The number of nitrogens with zero attached hydrogens (tertiary/aromatic N) is 1. The van der Waals surface area contributed by atoms with Crippen molar-refractivity contribution in [2.75, 3.05) is 18.5 Å². The SMILES string of the molecule is CCOC(=O)C1(CNc2cc(C#N)ccc2C(C)=O)CCCC1. The fourth-order valence-corrected chi connectivity index (χ4v) is 3.12. The lowest BCUT2D eigenvalue weighted by Crippen LogP contribution is -2.37. The Kier molecular flexibility index (Phi) is 5.38. The van der Waals surface area contributed by atoms with Crippen molar-refractivity contribution in [3.63, 3.8) is 0 Å². The summed E-state index contributed by atoms with van der Waals surface area (Å²) in [7, 11) is 0. The van der Waals surface area contributed by atoms with Gasteiger partial charge in [0.15, 0.2) is 5.78 Å². The molecule has 0 radical (unpaired) electrons. The number of hydrogen-bond donors (Lipinski definition) is 1. The Bertz CT molecular complexity index is 640. The van der Waals surface area contributed by atoms with Gasteiger partial charge >= 0.3 is 5.97 Å². The molecule has 0 amide bonds. The standard InChI is InChI=1S/C18H22N2O3/c1-3-23-17(22)18(8-4-5-9-18)12-20-16-10-14(11-19)6-7-15(16)13(2)21/h6-7,10,20H,3-5,8-9,12H2,1-2H3. The van der Waals surface area contributed by atoms with Crippen LogP contribution in [0.15, 0.2) is 18.2 Å². The minimum atomic E-state index is -0.535. The van der Waals surface area contributed by atoms with E-state index in [4.69, 9.17) is 10.00 Å². The number of carbonyl (C=O) groups is 2. The van der Waals surface area contributed by atoms with E-state index in [2.05, 4.69) is 11.4 Å². The summed E-state index contributed by atoms with van der Waals surface area (Å²) < 4.78 is 5.24. The van der Waals surface area contributed by atoms with Gasteiger partial charge in [0.2, 0.25) is 0 Å². The predicted molar refractivity (Wildman–Crippen MR) is 87.2 cm³/mol. The van der Waals surface area contributed by atoms with Crippen LogP contribution in [0.1, 0.15) is 55.5 Å². The Balaban J connectivity index is 2.22. The number of ketones is 1. The Morgan fingerprint density at radius 1 is 1.35 bits per heavy atom. The van der Waals surface area contributed by atoms with Gasteiger partial charge < -0.3 is 10.1 Å². The fraction of sp³-hybridized carbons (Fsp3) is 0.500. The summed E-state index contributed by atoms with van der Waals surface area (Å²) in [4.78, 5) is 24.1. The third kappa shape index (κ3) is 3.70. The van der Waals surface area contributed by atoms with E-state index in [1.165, 1.54) is 6.92 Å². The van der Waals surface area contributed by atoms with Crippen molar-refractivity contribution < 1.29 is 14.3 Å². The van der Waals surface area contributed by atoms with Gasteiger partial charge in [0.25, 0.3) is 0 Å². The zero-order valence-electron chi connectivity index (χ0n) is 13.6. The van der Waals surface area contributed by atoms with Crippen molar-refractivity contribution in [2.45, 2.75) is 39.5 Å². The van der Waals surface area contributed by atoms with Crippen LogP contribution in [0.3, 0.4) is 0 Å². The molecule has 2 rings (SSSR count). The summed E-state index contributed by atoms with van der Waals surface area (Å²) in [5.74, 6) is -0.251. The van der Waals surface area contributed by atoms with E-state index in [1.807, 2.05) is 0 Å². The van der Waals surface area contributed by atoms with E-state index in [0.29, 0.717) is 30.0 Å². The molecule has 1 N–H and O–H groups in total. The second-order valence-electron chi connectivity index (χ2n) is 5.99. The van der Waals surface area contributed by atoms with Gasteiger partial charge in [-0.25, -0.2) is 0 Å². The molecular formula is C18H22N2O3. The Hall–Kier alpha value is -2.35. The number of carbonyl (C=O) groups excluding carboxylic acids is 2. The van der Waals surface area contributed by atoms with Crippen molar-refractivity contribution in [1.82, 2.24) is 0 Å². The molecule has 0 bridgehead atoms. The quantitative estimate of drug-likeness (QED) is 0.644. The molecular weight excluding hydrogens is 292 g/mol. The van der Waals surface area contributed by atoms with E-state index in [1.54, 1.807) is 25.1 Å². The molecule has 0 aromatic heterocycles. The number of esters is 1. The number of hydrogen-bond acceptors (Lipinski definition) is 5. The average Bonchev–Trinajstić information content (AvgIpc) is 3.03. The minimum absolute atomic E-state index is 0.0754. The third-order valence-corrected chi connectivity index (χ3v) is 4.41. The fourth-order valence-electron chi connectivity index (χ4n) is 3.12. The maximum absolute atomic E-state index is 12.3. The summed E-state index contributed by atoms with van der Waals surface area (Å²) in [5.41, 5.74) is 1.08. The molecule has 1 aromatic carbocycles. The molecule has 122 valence electrons. The van der Waals surface area contributed by atoms with Crippen LogP contribution >= 0.6 is 0 Å². The number of Topliss-reactive ketones (excluding diaryl/α,β-unsaturated/α-hetero) is 1. The van der Waals surface area contributed by atoms with Crippen LogP contribution in [0.4, 0.5) is 5.69 Å². The molecule has 1 aliphatic carbocycles. The number of anilines is 1. The first-order chi connectivity index (χ1) is 11.0. The van der Waals surface area contributed by atoms with Crippen molar-refractivity contribution >= 4 is 17.4 Å². The van der Waals surface area contributed by atoms with E-state index in [-0.39, 0.29) is 11.8 Å². The summed E-state index contributed by atoms with van der Waals surface area (Å²) >= 11 is 0. The largest absolute Gasteiger partial charge is 0.466 e. The second kappa shape index (κ2) is 7.28. The molecule has 1 saturated carbocycles. The smallest absolute Gasteiger partial charge is 0.313 e. The summed E-state index contributed by atoms with van der Waals surface area (Å²) in [6, 6.07) is 7.00. The summed E-state index contributed by atoms with van der Waals surface area (Å²) in [6.45, 7) is 4.08. The van der Waals surface area contributed by atoms with Gasteiger partial charge in [-0.15, -0.1) is 0 Å². The average molecular weight is 314 g/mol. The summed E-state index contributed by atoms with van der Waals surface area (Å²) in [5, 5.41) is 12.3. The molecule has 1 aliphatic rings. The molecule has 0 unspecified atom stereocenters. The molecule has 0 spiro atoms. The second-order valence-corrected chi connectivity index (χ2v) is 5.99. The van der Waals surface area contributed by atoms with E-state index in [9.17, 15) is 9.59 Å². The van der Waals surface area contributed by atoms with Crippen LogP contribution in [0.25, 0.3) is 0 Å². The van der Waals surface area contributed by atoms with Crippen LogP contribution < -0.4 is 5.32 Å². The highest BCUT2D eigenvalue weighted by molar-refractivity contribution is 5.99. The molecule has 0 atom stereocenters. The van der Waals surface area contributed by atoms with Crippen molar-refractivity contribution in [3.05, 3.63) is 29.3 Å². The van der Waals surface area contributed by atoms with Gasteiger partial charge in [0.05, 0.1) is 23.7 Å². The lowest BCUT2D eigenvalue weighted by Gasteiger charge is -2.27. The maximum Gasteiger partial charge on any atom is 0.313 e. The first kappa shape index (κ1) is 17.0. The van der Waals surface area contributed by atoms with Crippen LogP contribution in [-0.2, 0) is 9.53 Å². The Morgan fingerprint density at radius 2 is 2.04 bits per heavy atom. The highest BCUT2D eigenvalue weighted by Crippen LogP contribution is 2.39. The highest BCUT2D eigenvalue weighted by atomic mass is 16.5. The minimum Gasteiger partial charge on any atom is -0.466 e. The van der Waals surface area contributed by atoms with Gasteiger partial charge in [0.1, 0.15) is 0 Å². The zero-order valence-corrected chi connectivity index (χ0v) is 13.6. The molecule has 0 saturated heterocycles. The number of ether oxygens (including phenoxy) is 1. The summed E-state index contributed by atoms with van der Waals surface area (Å²) in [6.07, 6.45) is 3.56. The van der Waals surface area contributed by atoms with Crippen LogP contribution in [-0.4, -0.2) is 24.9 Å². The topological polar surface area (TPSA) is 79.2 Å². The third-order valence-electron chi connectivity index (χ3n) is 4.41. The van der Waals surface area contributed by atoms with Gasteiger partial charge in [-0.1, -0.05) is 12.8 Å². The van der Waals surface area contributed by atoms with Crippen molar-refractivity contribution in [3.8, 4) is 6.07 Å². The molecule has 5 heteroatoms. The lowest BCUT2D eigenvalue weighted by molar-refractivity contribution is -0.154. The monoisotopic (exact) mass is 314 g/mol. The van der Waals surface area contributed by atoms with Crippen LogP contribution in [0, 0.1) is 16.7 Å². The van der Waals surface area contributed by atoms with E-state index in [0.717, 1.165) is 25.7 Å². The normalized spacial score (nSPS) is 15.7. The molecule has 0 aliphatic heterocycles. The predicted octanol–water partition coefficient (Wildman–Crippen LogP) is 3.30. The highest BCUT2D eigenvalue weighted by Gasteiger charge is 2.42. The van der Waals surface area contributed by atoms with Gasteiger partial charge in [-0.2, -0.15) is 5.26 Å². The number of rotatable bonds is 6.